The molecule has 2 aromatic heterocycles. The highest BCUT2D eigenvalue weighted by Crippen LogP contribution is 2.29. The zero-order valence-electron chi connectivity index (χ0n) is 11.7. The molecular formula is C14H19N3O2S. The number of carboxylic acids is 1. The van der Waals surface area contributed by atoms with Gasteiger partial charge in [0, 0.05) is 4.88 Å². The first-order chi connectivity index (χ1) is 9.65. The number of fused-ring (bicyclic) bond motifs is 1. The highest BCUT2D eigenvalue weighted by atomic mass is 32.1. The summed E-state index contributed by atoms with van der Waals surface area (Å²) in [6.07, 6.45) is 4.88. The average molecular weight is 293 g/mol. The lowest BCUT2D eigenvalue weighted by Crippen LogP contribution is -2.29. The van der Waals surface area contributed by atoms with Crippen molar-refractivity contribution in [1.29, 1.82) is 0 Å². The number of thiophene rings is 1. The maximum absolute atomic E-state index is 11.3. The normalized spacial score (nSPS) is 12.5. The van der Waals surface area contributed by atoms with Crippen LogP contribution in [-0.2, 0) is 11.2 Å². The van der Waals surface area contributed by atoms with Gasteiger partial charge < -0.3 is 10.4 Å². The fourth-order valence-corrected chi connectivity index (χ4v) is 2.96. The quantitative estimate of drug-likeness (QED) is 0.819. The van der Waals surface area contributed by atoms with Crippen LogP contribution in [0.4, 0.5) is 5.82 Å². The molecule has 2 N–H and O–H groups in total. The van der Waals surface area contributed by atoms with E-state index >= 15 is 0 Å². The molecule has 0 saturated carbocycles. The maximum Gasteiger partial charge on any atom is 0.326 e. The van der Waals surface area contributed by atoms with Crippen LogP contribution in [0.25, 0.3) is 10.2 Å². The van der Waals surface area contributed by atoms with E-state index in [2.05, 4.69) is 22.2 Å². The number of rotatable bonds is 7. The van der Waals surface area contributed by atoms with Crippen molar-refractivity contribution in [3.63, 3.8) is 0 Å². The molecule has 2 heterocycles. The standard InChI is InChI=1S/C14H19N3O2S/c1-3-5-6-11(14(18)19)17-12-10-7-9(4-2)20-13(10)16-8-15-12/h7-8,11H,3-6H2,1-2H3,(H,18,19)(H,15,16,17)/t11-/m1/s1. The van der Waals surface area contributed by atoms with Crippen molar-refractivity contribution in [2.24, 2.45) is 0 Å². The van der Waals surface area contributed by atoms with E-state index in [1.165, 1.54) is 11.2 Å². The molecule has 0 unspecified atom stereocenters. The highest BCUT2D eigenvalue weighted by molar-refractivity contribution is 7.18. The van der Waals surface area contributed by atoms with Gasteiger partial charge in [-0.3, -0.25) is 0 Å². The van der Waals surface area contributed by atoms with Crippen LogP contribution < -0.4 is 5.32 Å². The Labute approximate surface area is 122 Å². The van der Waals surface area contributed by atoms with Gasteiger partial charge in [-0.2, -0.15) is 0 Å². The van der Waals surface area contributed by atoms with Gasteiger partial charge in [-0.25, -0.2) is 14.8 Å². The molecule has 0 aromatic carbocycles. The molecular weight excluding hydrogens is 274 g/mol. The summed E-state index contributed by atoms with van der Waals surface area (Å²) >= 11 is 1.63. The van der Waals surface area contributed by atoms with Gasteiger partial charge in [-0.15, -0.1) is 11.3 Å². The van der Waals surface area contributed by atoms with Gasteiger partial charge in [0.15, 0.2) is 0 Å². The lowest BCUT2D eigenvalue weighted by molar-refractivity contribution is -0.138. The highest BCUT2D eigenvalue weighted by Gasteiger charge is 2.18. The van der Waals surface area contributed by atoms with Crippen LogP contribution >= 0.6 is 11.3 Å². The van der Waals surface area contributed by atoms with Crippen LogP contribution in [-0.4, -0.2) is 27.1 Å². The summed E-state index contributed by atoms with van der Waals surface area (Å²) in [4.78, 5) is 21.9. The lowest BCUT2D eigenvalue weighted by atomic mass is 10.1. The molecule has 0 amide bonds. The molecule has 0 saturated heterocycles. The van der Waals surface area contributed by atoms with Crippen molar-refractivity contribution < 1.29 is 9.90 Å². The van der Waals surface area contributed by atoms with E-state index in [0.29, 0.717) is 12.2 Å². The van der Waals surface area contributed by atoms with Crippen LogP contribution in [0.3, 0.4) is 0 Å². The number of unbranched alkanes of at least 4 members (excludes halogenated alkanes) is 1. The molecule has 0 fully saturated rings. The molecule has 0 radical (unpaired) electrons. The summed E-state index contributed by atoms with van der Waals surface area (Å²) in [6.45, 7) is 4.14. The maximum atomic E-state index is 11.3. The molecule has 2 aromatic rings. The second-order valence-corrected chi connectivity index (χ2v) is 5.80. The van der Waals surface area contributed by atoms with E-state index < -0.39 is 12.0 Å². The summed E-state index contributed by atoms with van der Waals surface area (Å²) in [5.41, 5.74) is 0. The van der Waals surface area contributed by atoms with Crippen LogP contribution in [0.1, 0.15) is 38.0 Å². The Bertz CT molecular complexity index is 597. The van der Waals surface area contributed by atoms with Crippen LogP contribution in [0.5, 0.6) is 0 Å². The number of nitrogens with zero attached hydrogens (tertiary/aromatic N) is 2. The van der Waals surface area contributed by atoms with Crippen molar-refractivity contribution in [2.45, 2.75) is 45.6 Å². The van der Waals surface area contributed by atoms with Crippen LogP contribution in [0.2, 0.25) is 0 Å². The SMILES string of the molecule is CCCC[C@@H](Nc1ncnc2sc(CC)cc12)C(=O)O. The second-order valence-electron chi connectivity index (χ2n) is 4.68. The Morgan fingerprint density at radius 1 is 1.45 bits per heavy atom. The first kappa shape index (κ1) is 14.7. The third kappa shape index (κ3) is 3.25. The molecule has 5 nitrogen and oxygen atoms in total. The van der Waals surface area contributed by atoms with Gasteiger partial charge in [-0.1, -0.05) is 26.7 Å². The van der Waals surface area contributed by atoms with Crippen molar-refractivity contribution in [3.8, 4) is 0 Å². The zero-order chi connectivity index (χ0) is 14.5. The third-order valence-corrected chi connectivity index (χ3v) is 4.37. The molecule has 20 heavy (non-hydrogen) atoms. The van der Waals surface area contributed by atoms with E-state index in [-0.39, 0.29) is 0 Å². The number of aromatic nitrogens is 2. The van der Waals surface area contributed by atoms with Gasteiger partial charge in [0.2, 0.25) is 0 Å². The minimum Gasteiger partial charge on any atom is -0.480 e. The van der Waals surface area contributed by atoms with Gasteiger partial charge in [-0.05, 0) is 18.9 Å². The number of carboxylic acid groups (broad SMARTS) is 1. The van der Waals surface area contributed by atoms with Crippen molar-refractivity contribution in [1.82, 2.24) is 9.97 Å². The molecule has 6 heteroatoms. The summed E-state index contributed by atoms with van der Waals surface area (Å²) in [7, 11) is 0. The van der Waals surface area contributed by atoms with Gasteiger partial charge in [0.05, 0.1) is 5.39 Å². The van der Waals surface area contributed by atoms with Gasteiger partial charge >= 0.3 is 5.97 Å². The molecule has 1 atom stereocenters. The van der Waals surface area contributed by atoms with Gasteiger partial charge in [0.25, 0.3) is 0 Å². The fourth-order valence-electron chi connectivity index (χ4n) is 2.03. The molecule has 0 aliphatic heterocycles. The monoisotopic (exact) mass is 293 g/mol. The Morgan fingerprint density at radius 3 is 2.90 bits per heavy atom. The largest absolute Gasteiger partial charge is 0.480 e. The van der Waals surface area contributed by atoms with Crippen LogP contribution in [0, 0.1) is 0 Å². The second kappa shape index (κ2) is 6.65. The predicted octanol–water partition coefficient (Wildman–Crippen LogP) is 3.31. The van der Waals surface area contributed by atoms with E-state index in [9.17, 15) is 9.90 Å². The number of nitrogens with one attached hydrogen (secondary N) is 1. The number of carbonyl (C=O) groups is 1. The summed E-state index contributed by atoms with van der Waals surface area (Å²) in [5.74, 6) is -0.217. The first-order valence-corrected chi connectivity index (χ1v) is 7.70. The minimum atomic E-state index is -0.837. The Balaban J connectivity index is 2.26. The molecule has 0 aliphatic carbocycles. The smallest absolute Gasteiger partial charge is 0.326 e. The van der Waals surface area contributed by atoms with E-state index in [1.54, 1.807) is 11.3 Å². The van der Waals surface area contributed by atoms with Crippen molar-refractivity contribution in [3.05, 3.63) is 17.3 Å². The van der Waals surface area contributed by atoms with E-state index in [4.69, 9.17) is 0 Å². The zero-order valence-corrected chi connectivity index (χ0v) is 12.5. The Kier molecular flexibility index (Phi) is 4.89. The summed E-state index contributed by atoms with van der Waals surface area (Å²) in [5, 5.41) is 13.2. The molecule has 0 spiro atoms. The number of aryl methyl sites for hydroxylation is 1. The van der Waals surface area contributed by atoms with Crippen molar-refractivity contribution in [2.75, 3.05) is 5.32 Å². The van der Waals surface area contributed by atoms with Gasteiger partial charge in [0.1, 0.15) is 23.0 Å². The minimum absolute atomic E-state index is 0.599. The number of hydrogen-bond donors (Lipinski definition) is 2. The Morgan fingerprint density at radius 2 is 2.25 bits per heavy atom. The molecule has 0 bridgehead atoms. The first-order valence-electron chi connectivity index (χ1n) is 6.88. The van der Waals surface area contributed by atoms with E-state index in [0.717, 1.165) is 29.5 Å². The predicted molar refractivity (Wildman–Crippen MR) is 81.4 cm³/mol. The van der Waals surface area contributed by atoms with E-state index in [1.807, 2.05) is 13.0 Å². The Hall–Kier alpha value is -1.69. The lowest BCUT2D eigenvalue weighted by Gasteiger charge is -2.14. The molecule has 108 valence electrons. The summed E-state index contributed by atoms with van der Waals surface area (Å²) in [6, 6.07) is 1.44. The summed E-state index contributed by atoms with van der Waals surface area (Å²) < 4.78 is 0. The third-order valence-electron chi connectivity index (χ3n) is 3.18. The number of anilines is 1. The fraction of sp³-hybridized carbons (Fsp3) is 0.500. The van der Waals surface area contributed by atoms with Crippen LogP contribution in [0.15, 0.2) is 12.4 Å². The molecule has 0 aliphatic rings. The topological polar surface area (TPSA) is 75.1 Å². The average Bonchev–Trinajstić information content (AvgIpc) is 2.87. The number of aliphatic carboxylic acids is 1. The van der Waals surface area contributed by atoms with Crippen molar-refractivity contribution >= 4 is 33.3 Å². The molecule has 2 rings (SSSR count). The number of hydrogen-bond acceptors (Lipinski definition) is 5.